The number of rotatable bonds is 3. The van der Waals surface area contributed by atoms with Gasteiger partial charge in [-0.05, 0) is 55.0 Å². The number of carbonyl (C=O) groups excluding carboxylic acids is 1. The molecule has 2 heterocycles. The summed E-state index contributed by atoms with van der Waals surface area (Å²) in [6.07, 6.45) is 6.25. The number of para-hydroxylation sites is 1. The highest BCUT2D eigenvalue weighted by Crippen LogP contribution is 2.28. The molecule has 5 heteroatoms. The molecular weight excluding hydrogens is 336 g/mol. The number of hydrogen-bond donors (Lipinski definition) is 2. The molecule has 0 spiro atoms. The summed E-state index contributed by atoms with van der Waals surface area (Å²) >= 11 is 0. The molecule has 0 saturated heterocycles. The van der Waals surface area contributed by atoms with Crippen LogP contribution in [0.1, 0.15) is 40.9 Å². The van der Waals surface area contributed by atoms with Gasteiger partial charge >= 0.3 is 0 Å². The monoisotopic (exact) mass is 360 g/mol. The first-order valence-corrected chi connectivity index (χ1v) is 9.88. The number of nitrogens with zero attached hydrogens (tertiary/aromatic N) is 2. The number of hydrogen-bond acceptors (Lipinski definition) is 3. The smallest absolute Gasteiger partial charge is 0.276 e. The molecule has 1 aliphatic heterocycles. The summed E-state index contributed by atoms with van der Waals surface area (Å²) in [5.74, 6) is -0.169. The highest BCUT2D eigenvalue weighted by molar-refractivity contribution is 6.11. The highest BCUT2D eigenvalue weighted by Gasteiger charge is 2.26. The van der Waals surface area contributed by atoms with E-state index in [1.54, 1.807) is 0 Å². The topological polar surface area (TPSA) is 61.0 Å². The number of nitrogens with one attached hydrogen (secondary N) is 2. The van der Waals surface area contributed by atoms with Gasteiger partial charge < -0.3 is 5.32 Å². The Labute approximate surface area is 158 Å². The largest absolute Gasteiger partial charge is 0.321 e. The van der Waals surface area contributed by atoms with Crippen LogP contribution in [-0.4, -0.2) is 40.1 Å². The molecule has 1 amide bonds. The number of carbonyl (C=O) groups is 1. The molecular formula is C22H24N4O. The van der Waals surface area contributed by atoms with Crippen LogP contribution in [0.3, 0.4) is 0 Å². The van der Waals surface area contributed by atoms with Crippen molar-refractivity contribution in [3.8, 4) is 0 Å². The Morgan fingerprint density at radius 2 is 1.89 bits per heavy atom. The van der Waals surface area contributed by atoms with Crippen molar-refractivity contribution in [3.63, 3.8) is 0 Å². The second kappa shape index (κ2) is 6.82. The number of aromatic amines is 1. The van der Waals surface area contributed by atoms with Crippen LogP contribution in [-0.2, 0) is 12.8 Å². The fourth-order valence-electron chi connectivity index (χ4n) is 4.26. The number of aromatic nitrogens is 2. The van der Waals surface area contributed by atoms with Crippen molar-refractivity contribution >= 4 is 22.5 Å². The van der Waals surface area contributed by atoms with Crippen molar-refractivity contribution < 1.29 is 4.79 Å². The minimum Gasteiger partial charge on any atom is -0.321 e. The van der Waals surface area contributed by atoms with Crippen LogP contribution in [0.25, 0.3) is 10.9 Å². The minimum atomic E-state index is -0.169. The number of anilines is 1. The lowest BCUT2D eigenvalue weighted by Gasteiger charge is -2.36. The number of benzene rings is 2. The van der Waals surface area contributed by atoms with Crippen molar-refractivity contribution in [2.75, 3.05) is 18.4 Å². The summed E-state index contributed by atoms with van der Waals surface area (Å²) in [7, 11) is 0. The first-order chi connectivity index (χ1) is 13.3. The third-order valence-electron chi connectivity index (χ3n) is 6.08. The molecule has 2 N–H and O–H groups in total. The highest BCUT2D eigenvalue weighted by atomic mass is 16.1. The molecule has 1 saturated carbocycles. The molecule has 2 aromatic carbocycles. The second-order valence-electron chi connectivity index (χ2n) is 7.68. The number of fused-ring (bicyclic) bond motifs is 2. The van der Waals surface area contributed by atoms with Gasteiger partial charge in [-0.15, -0.1) is 0 Å². The van der Waals surface area contributed by atoms with E-state index in [4.69, 9.17) is 0 Å². The average Bonchev–Trinajstić information content (AvgIpc) is 2.97. The van der Waals surface area contributed by atoms with E-state index in [-0.39, 0.29) is 5.91 Å². The predicted octanol–water partition coefficient (Wildman–Crippen LogP) is 3.77. The molecule has 1 aliphatic carbocycles. The summed E-state index contributed by atoms with van der Waals surface area (Å²) in [5.41, 5.74) is 4.95. The van der Waals surface area contributed by atoms with Crippen LogP contribution in [0, 0.1) is 0 Å². The number of H-pyrrole nitrogens is 1. The van der Waals surface area contributed by atoms with Gasteiger partial charge in [-0.2, -0.15) is 5.10 Å². The molecule has 0 bridgehead atoms. The molecule has 1 fully saturated rings. The third-order valence-corrected chi connectivity index (χ3v) is 6.08. The van der Waals surface area contributed by atoms with Gasteiger partial charge in [-0.1, -0.05) is 30.7 Å². The van der Waals surface area contributed by atoms with Gasteiger partial charge in [0.2, 0.25) is 0 Å². The molecule has 1 aromatic heterocycles. The third kappa shape index (κ3) is 3.12. The first kappa shape index (κ1) is 16.5. The Kier molecular flexibility index (Phi) is 4.17. The Bertz CT molecular complexity index is 989. The lowest BCUT2D eigenvalue weighted by atomic mass is 9.91. The molecule has 2 aliphatic rings. The molecule has 0 unspecified atom stereocenters. The second-order valence-corrected chi connectivity index (χ2v) is 7.68. The Morgan fingerprint density at radius 3 is 2.70 bits per heavy atom. The molecule has 27 heavy (non-hydrogen) atoms. The van der Waals surface area contributed by atoms with Gasteiger partial charge in [-0.25, -0.2) is 0 Å². The van der Waals surface area contributed by atoms with Crippen molar-refractivity contribution in [1.82, 2.24) is 15.1 Å². The zero-order valence-corrected chi connectivity index (χ0v) is 15.4. The van der Waals surface area contributed by atoms with Gasteiger partial charge in [0.15, 0.2) is 5.69 Å². The van der Waals surface area contributed by atoms with Crippen LogP contribution in [0.2, 0.25) is 0 Å². The Morgan fingerprint density at radius 1 is 1.07 bits per heavy atom. The summed E-state index contributed by atoms with van der Waals surface area (Å²) in [6.45, 7) is 2.28. The average molecular weight is 360 g/mol. The van der Waals surface area contributed by atoms with Crippen molar-refractivity contribution in [2.45, 2.75) is 38.1 Å². The fourth-order valence-corrected chi connectivity index (χ4v) is 4.26. The Balaban J connectivity index is 1.33. The van der Waals surface area contributed by atoms with Crippen LogP contribution in [0.4, 0.5) is 5.69 Å². The maximum absolute atomic E-state index is 12.7. The molecule has 0 atom stereocenters. The van der Waals surface area contributed by atoms with E-state index in [2.05, 4.69) is 32.5 Å². The maximum Gasteiger partial charge on any atom is 0.276 e. The van der Waals surface area contributed by atoms with E-state index < -0.39 is 0 Å². The predicted molar refractivity (Wildman–Crippen MR) is 107 cm³/mol. The molecule has 5 nitrogen and oxygen atoms in total. The molecule has 5 rings (SSSR count). The first-order valence-electron chi connectivity index (χ1n) is 9.88. The summed E-state index contributed by atoms with van der Waals surface area (Å²) in [5, 5.41) is 11.0. The van der Waals surface area contributed by atoms with E-state index in [1.807, 2.05) is 30.3 Å². The summed E-state index contributed by atoms with van der Waals surface area (Å²) in [6, 6.07) is 14.8. The molecule has 0 radical (unpaired) electrons. The van der Waals surface area contributed by atoms with Crippen molar-refractivity contribution in [1.29, 1.82) is 0 Å². The normalized spacial score (nSPS) is 17.9. The summed E-state index contributed by atoms with van der Waals surface area (Å²) < 4.78 is 0. The quantitative estimate of drug-likeness (QED) is 0.747. The zero-order valence-electron chi connectivity index (χ0n) is 15.4. The van der Waals surface area contributed by atoms with Gasteiger partial charge in [0.05, 0.1) is 5.52 Å². The minimum absolute atomic E-state index is 0.169. The van der Waals surface area contributed by atoms with Crippen molar-refractivity contribution in [2.24, 2.45) is 0 Å². The van der Waals surface area contributed by atoms with Crippen molar-refractivity contribution in [3.05, 3.63) is 59.3 Å². The van der Waals surface area contributed by atoms with E-state index in [0.29, 0.717) is 5.69 Å². The van der Waals surface area contributed by atoms with E-state index in [9.17, 15) is 4.79 Å². The SMILES string of the molecule is O=C(Nc1ccc2c(c1)CCN(C1CCC1)CC2)c1n[nH]c2ccccc12. The number of amides is 1. The van der Waals surface area contributed by atoms with Crippen LogP contribution in [0.5, 0.6) is 0 Å². The van der Waals surface area contributed by atoms with Crippen LogP contribution in [0.15, 0.2) is 42.5 Å². The zero-order chi connectivity index (χ0) is 18.2. The van der Waals surface area contributed by atoms with Crippen LogP contribution < -0.4 is 5.32 Å². The summed E-state index contributed by atoms with van der Waals surface area (Å²) in [4.78, 5) is 15.4. The lowest BCUT2D eigenvalue weighted by molar-refractivity contribution is 0.102. The standard InChI is InChI=1S/C22H24N4O/c27-22(21-19-6-1-2-7-20(19)24-25-21)23-17-9-8-15-10-12-26(18-4-3-5-18)13-11-16(15)14-17/h1-2,6-9,14,18H,3-5,10-13H2,(H,23,27)(H,24,25). The van der Waals surface area contributed by atoms with Gasteiger partial charge in [0, 0.05) is 30.2 Å². The molecule has 138 valence electrons. The van der Waals surface area contributed by atoms with E-state index >= 15 is 0 Å². The Hall–Kier alpha value is -2.66. The fraction of sp³-hybridized carbons (Fsp3) is 0.364. The maximum atomic E-state index is 12.7. The van der Waals surface area contributed by atoms with Gasteiger partial charge in [-0.3, -0.25) is 14.8 Å². The molecule has 3 aromatic rings. The van der Waals surface area contributed by atoms with E-state index in [0.717, 1.165) is 48.6 Å². The van der Waals surface area contributed by atoms with Gasteiger partial charge in [0.1, 0.15) is 0 Å². The van der Waals surface area contributed by atoms with Crippen LogP contribution >= 0.6 is 0 Å². The van der Waals surface area contributed by atoms with E-state index in [1.165, 1.54) is 30.4 Å². The van der Waals surface area contributed by atoms with Gasteiger partial charge in [0.25, 0.3) is 5.91 Å². The lowest BCUT2D eigenvalue weighted by Crippen LogP contribution is -2.41.